The molecule has 2 rings (SSSR count). The number of nitrogens with two attached hydrogens (primary N) is 1. The van der Waals surface area contributed by atoms with Crippen molar-refractivity contribution in [1.29, 1.82) is 0 Å². The maximum Gasteiger partial charge on any atom is 0.126 e. The number of methoxy groups -OCH3 is 1. The molecule has 0 heterocycles. The van der Waals surface area contributed by atoms with Crippen molar-refractivity contribution in [3.63, 3.8) is 0 Å². The Morgan fingerprint density at radius 1 is 1.15 bits per heavy atom. The number of halogens is 1. The second-order valence-corrected chi connectivity index (χ2v) is 4.78. The van der Waals surface area contributed by atoms with Crippen LogP contribution in [-0.2, 0) is 0 Å². The highest BCUT2D eigenvalue weighted by Crippen LogP contribution is 2.32. The number of aliphatic hydroxyl groups is 1. The molecule has 0 amide bonds. The minimum absolute atomic E-state index is 0. The Hall–Kier alpha value is -1.29. The SMILES string of the molecule is CCC[C@H](O)[C@H](N)c1ccc(OC)c2ccccc12.Cl. The standard InChI is InChI=1S/C16H21NO2.ClH/c1-3-6-14(18)16(17)13-9-10-15(19-2)12-8-5-4-7-11(12)13;/h4-5,7-10,14,16,18H,3,6,17H2,1-2H3;1H/t14-,16+;/m0./s1. The normalized spacial score (nSPS) is 13.6. The molecule has 3 N–H and O–H groups in total. The van der Waals surface area contributed by atoms with E-state index in [9.17, 15) is 5.11 Å². The highest BCUT2D eigenvalue weighted by Gasteiger charge is 2.19. The van der Waals surface area contributed by atoms with Crippen molar-refractivity contribution in [2.45, 2.75) is 31.9 Å². The summed E-state index contributed by atoms with van der Waals surface area (Å²) in [6.07, 6.45) is 1.12. The van der Waals surface area contributed by atoms with Crippen molar-refractivity contribution < 1.29 is 9.84 Å². The Labute approximate surface area is 126 Å². The van der Waals surface area contributed by atoms with E-state index in [1.165, 1.54) is 0 Å². The second kappa shape index (κ2) is 7.48. The Morgan fingerprint density at radius 3 is 2.40 bits per heavy atom. The van der Waals surface area contributed by atoms with Crippen LogP contribution in [0.4, 0.5) is 0 Å². The molecule has 0 unspecified atom stereocenters. The molecule has 0 spiro atoms. The molecule has 0 aliphatic carbocycles. The maximum absolute atomic E-state index is 10.1. The van der Waals surface area contributed by atoms with Gasteiger partial charge in [-0.05, 0) is 23.4 Å². The van der Waals surface area contributed by atoms with E-state index in [0.29, 0.717) is 6.42 Å². The van der Waals surface area contributed by atoms with Gasteiger partial charge in [0, 0.05) is 5.39 Å². The van der Waals surface area contributed by atoms with Gasteiger partial charge in [-0.2, -0.15) is 0 Å². The van der Waals surface area contributed by atoms with E-state index in [2.05, 4.69) is 0 Å². The van der Waals surface area contributed by atoms with Gasteiger partial charge in [0.05, 0.1) is 19.3 Å². The van der Waals surface area contributed by atoms with Crippen LogP contribution in [0.5, 0.6) is 5.75 Å². The highest BCUT2D eigenvalue weighted by molar-refractivity contribution is 5.91. The lowest BCUT2D eigenvalue weighted by molar-refractivity contribution is 0.135. The van der Waals surface area contributed by atoms with Gasteiger partial charge < -0.3 is 15.6 Å². The third-order valence-electron chi connectivity index (χ3n) is 3.50. The van der Waals surface area contributed by atoms with Crippen molar-refractivity contribution >= 4 is 23.2 Å². The quantitative estimate of drug-likeness (QED) is 0.888. The molecule has 0 bridgehead atoms. The van der Waals surface area contributed by atoms with E-state index in [0.717, 1.165) is 28.5 Å². The summed E-state index contributed by atoms with van der Waals surface area (Å²) in [6.45, 7) is 2.04. The largest absolute Gasteiger partial charge is 0.496 e. The fourth-order valence-electron chi connectivity index (χ4n) is 2.45. The summed E-state index contributed by atoms with van der Waals surface area (Å²) < 4.78 is 5.37. The lowest BCUT2D eigenvalue weighted by Crippen LogP contribution is -2.26. The molecule has 0 aliphatic rings. The molecule has 0 radical (unpaired) electrons. The summed E-state index contributed by atoms with van der Waals surface area (Å²) in [6, 6.07) is 11.5. The molecule has 0 saturated heterocycles. The lowest BCUT2D eigenvalue weighted by atomic mass is 9.94. The van der Waals surface area contributed by atoms with Gasteiger partial charge in [-0.15, -0.1) is 12.4 Å². The zero-order chi connectivity index (χ0) is 13.8. The van der Waals surface area contributed by atoms with Crippen molar-refractivity contribution in [3.05, 3.63) is 42.0 Å². The van der Waals surface area contributed by atoms with Gasteiger partial charge >= 0.3 is 0 Å². The summed E-state index contributed by atoms with van der Waals surface area (Å²) in [5.74, 6) is 0.830. The molecule has 0 saturated carbocycles. The van der Waals surface area contributed by atoms with Crippen molar-refractivity contribution in [2.75, 3.05) is 7.11 Å². The van der Waals surface area contributed by atoms with Crippen LogP contribution in [0.3, 0.4) is 0 Å². The van der Waals surface area contributed by atoms with Crippen molar-refractivity contribution in [3.8, 4) is 5.75 Å². The number of hydrogen-bond donors (Lipinski definition) is 2. The van der Waals surface area contributed by atoms with E-state index < -0.39 is 6.10 Å². The third-order valence-corrected chi connectivity index (χ3v) is 3.50. The Kier molecular flexibility index (Phi) is 6.27. The summed E-state index contributed by atoms with van der Waals surface area (Å²) in [5, 5.41) is 12.2. The van der Waals surface area contributed by atoms with Crippen LogP contribution in [0, 0.1) is 0 Å². The first-order chi connectivity index (χ1) is 9.19. The minimum Gasteiger partial charge on any atom is -0.496 e. The van der Waals surface area contributed by atoms with Crippen molar-refractivity contribution in [1.82, 2.24) is 0 Å². The third kappa shape index (κ3) is 3.23. The van der Waals surface area contributed by atoms with Gasteiger partial charge in [0.15, 0.2) is 0 Å². The number of hydrogen-bond acceptors (Lipinski definition) is 3. The molecule has 110 valence electrons. The molecule has 20 heavy (non-hydrogen) atoms. The number of benzene rings is 2. The number of aliphatic hydroxyl groups excluding tert-OH is 1. The fourth-order valence-corrected chi connectivity index (χ4v) is 2.45. The first kappa shape index (κ1) is 16.8. The van der Waals surface area contributed by atoms with Gasteiger partial charge in [-0.1, -0.05) is 43.7 Å². The molecule has 0 aromatic heterocycles. The molecule has 0 fully saturated rings. The fraction of sp³-hybridized carbons (Fsp3) is 0.375. The molecule has 2 aromatic rings. The van der Waals surface area contributed by atoms with E-state index >= 15 is 0 Å². The van der Waals surface area contributed by atoms with Crippen LogP contribution < -0.4 is 10.5 Å². The summed E-state index contributed by atoms with van der Waals surface area (Å²) >= 11 is 0. The molecule has 4 heteroatoms. The van der Waals surface area contributed by atoms with Gasteiger partial charge in [0.1, 0.15) is 5.75 Å². The predicted molar refractivity (Wildman–Crippen MR) is 85.6 cm³/mol. The van der Waals surface area contributed by atoms with Gasteiger partial charge in [0.2, 0.25) is 0 Å². The van der Waals surface area contributed by atoms with E-state index in [1.807, 2.05) is 43.3 Å². The zero-order valence-corrected chi connectivity index (χ0v) is 12.7. The molecular formula is C16H22ClNO2. The Balaban J connectivity index is 0.00000200. The molecule has 2 aromatic carbocycles. The lowest BCUT2D eigenvalue weighted by Gasteiger charge is -2.21. The summed E-state index contributed by atoms with van der Waals surface area (Å²) in [5.41, 5.74) is 7.16. The molecule has 3 nitrogen and oxygen atoms in total. The number of rotatable bonds is 5. The average molecular weight is 296 g/mol. The monoisotopic (exact) mass is 295 g/mol. The van der Waals surface area contributed by atoms with E-state index in [4.69, 9.17) is 10.5 Å². The van der Waals surface area contributed by atoms with Crippen LogP contribution in [0.1, 0.15) is 31.4 Å². The summed E-state index contributed by atoms with van der Waals surface area (Å²) in [4.78, 5) is 0. The van der Waals surface area contributed by atoms with Gasteiger partial charge in [-0.25, -0.2) is 0 Å². The first-order valence-electron chi connectivity index (χ1n) is 6.68. The van der Waals surface area contributed by atoms with Crippen LogP contribution >= 0.6 is 12.4 Å². The highest BCUT2D eigenvalue weighted by atomic mass is 35.5. The first-order valence-corrected chi connectivity index (χ1v) is 6.68. The Bertz CT molecular complexity index is 559. The van der Waals surface area contributed by atoms with Crippen molar-refractivity contribution in [2.24, 2.45) is 5.73 Å². The van der Waals surface area contributed by atoms with E-state index in [-0.39, 0.29) is 18.4 Å². The minimum atomic E-state index is -0.512. The van der Waals surface area contributed by atoms with E-state index in [1.54, 1.807) is 7.11 Å². The predicted octanol–water partition coefficient (Wildman–Crippen LogP) is 3.43. The molecule has 2 atom stereocenters. The van der Waals surface area contributed by atoms with Gasteiger partial charge in [-0.3, -0.25) is 0 Å². The van der Waals surface area contributed by atoms with Crippen LogP contribution in [0.25, 0.3) is 10.8 Å². The van der Waals surface area contributed by atoms with Crippen LogP contribution in [0.2, 0.25) is 0 Å². The maximum atomic E-state index is 10.1. The number of ether oxygens (including phenoxy) is 1. The molecule has 0 aliphatic heterocycles. The van der Waals surface area contributed by atoms with Crippen LogP contribution in [0.15, 0.2) is 36.4 Å². The summed E-state index contributed by atoms with van der Waals surface area (Å²) in [7, 11) is 1.66. The zero-order valence-electron chi connectivity index (χ0n) is 11.9. The Morgan fingerprint density at radius 2 is 1.80 bits per heavy atom. The topological polar surface area (TPSA) is 55.5 Å². The average Bonchev–Trinajstić information content (AvgIpc) is 2.45. The van der Waals surface area contributed by atoms with Gasteiger partial charge in [0.25, 0.3) is 0 Å². The molecular weight excluding hydrogens is 274 g/mol. The second-order valence-electron chi connectivity index (χ2n) is 4.78. The van der Waals surface area contributed by atoms with Crippen LogP contribution in [-0.4, -0.2) is 18.3 Å². The smallest absolute Gasteiger partial charge is 0.126 e. The number of fused-ring (bicyclic) bond motifs is 1.